The van der Waals surface area contributed by atoms with Gasteiger partial charge in [0.1, 0.15) is 5.69 Å². The second-order valence-electron chi connectivity index (χ2n) is 6.72. The quantitative estimate of drug-likeness (QED) is 0.513. The van der Waals surface area contributed by atoms with Crippen LogP contribution in [0.1, 0.15) is 48.7 Å². The van der Waals surface area contributed by atoms with E-state index in [-0.39, 0.29) is 11.7 Å². The van der Waals surface area contributed by atoms with E-state index < -0.39 is 0 Å². The number of nitrogens with zero attached hydrogens (tertiary/aromatic N) is 2. The van der Waals surface area contributed by atoms with E-state index in [9.17, 15) is 4.79 Å². The zero-order chi connectivity index (χ0) is 17.4. The Morgan fingerprint density at radius 2 is 2.00 bits per heavy atom. The molecule has 0 atom stereocenters. The Morgan fingerprint density at radius 1 is 1.25 bits per heavy atom. The normalized spacial score (nSPS) is 16.7. The van der Waals surface area contributed by atoms with Crippen molar-refractivity contribution >= 4 is 5.78 Å². The predicted octanol–water partition coefficient (Wildman–Crippen LogP) is 2.76. The summed E-state index contributed by atoms with van der Waals surface area (Å²) in [6.07, 6.45) is 4.16. The molecule has 2 rings (SSSR count). The van der Waals surface area contributed by atoms with Gasteiger partial charge in [-0.3, -0.25) is 9.78 Å². The molecule has 0 unspecified atom stereocenters. The molecule has 0 aromatic carbocycles. The molecule has 0 radical (unpaired) electrons. The summed E-state index contributed by atoms with van der Waals surface area (Å²) in [6, 6.07) is 3.96. The summed E-state index contributed by atoms with van der Waals surface area (Å²) in [5.41, 5.74) is 1.84. The average Bonchev–Trinajstić information content (AvgIpc) is 2.61. The SMILES string of the molecule is COCCOCCN1CCC(c2ccc(C(=O)C(C)C)nc2)CC1. The first kappa shape index (κ1) is 19.0. The number of pyridine rings is 1. The van der Waals surface area contributed by atoms with Crippen molar-refractivity contribution in [3.63, 3.8) is 0 Å². The van der Waals surface area contributed by atoms with Gasteiger partial charge in [0, 0.05) is 25.8 Å². The number of likely N-dealkylation sites (tertiary alicyclic amines) is 1. The van der Waals surface area contributed by atoms with E-state index in [1.165, 1.54) is 5.56 Å². The summed E-state index contributed by atoms with van der Waals surface area (Å²) in [4.78, 5) is 18.8. The first-order chi connectivity index (χ1) is 11.6. The highest BCUT2D eigenvalue weighted by Crippen LogP contribution is 2.27. The molecule has 1 aromatic rings. The van der Waals surface area contributed by atoms with Crippen LogP contribution in [0.25, 0.3) is 0 Å². The Kier molecular flexibility index (Phi) is 7.82. The molecule has 2 heterocycles. The molecular weight excluding hydrogens is 304 g/mol. The molecule has 1 aliphatic rings. The Bertz CT molecular complexity index is 494. The Hall–Kier alpha value is -1.30. The third-order valence-corrected chi connectivity index (χ3v) is 4.61. The Balaban J connectivity index is 1.75. The third kappa shape index (κ3) is 5.65. The lowest BCUT2D eigenvalue weighted by molar-refractivity contribution is 0.0532. The molecular formula is C19H30N2O3. The van der Waals surface area contributed by atoms with Gasteiger partial charge < -0.3 is 14.4 Å². The van der Waals surface area contributed by atoms with Gasteiger partial charge in [0.2, 0.25) is 0 Å². The molecule has 0 spiro atoms. The van der Waals surface area contributed by atoms with Crippen molar-refractivity contribution in [2.75, 3.05) is 46.6 Å². The number of ketones is 1. The van der Waals surface area contributed by atoms with Crippen LogP contribution in [0.2, 0.25) is 0 Å². The lowest BCUT2D eigenvalue weighted by Gasteiger charge is -2.32. The molecule has 0 N–H and O–H groups in total. The lowest BCUT2D eigenvalue weighted by Crippen LogP contribution is -2.35. The minimum atomic E-state index is -0.00213. The van der Waals surface area contributed by atoms with E-state index in [0.29, 0.717) is 24.8 Å². The van der Waals surface area contributed by atoms with Gasteiger partial charge >= 0.3 is 0 Å². The van der Waals surface area contributed by atoms with Gasteiger partial charge in [-0.1, -0.05) is 19.9 Å². The van der Waals surface area contributed by atoms with Crippen LogP contribution in [-0.2, 0) is 9.47 Å². The van der Waals surface area contributed by atoms with Crippen molar-refractivity contribution in [3.8, 4) is 0 Å². The molecule has 1 aliphatic heterocycles. The maximum Gasteiger partial charge on any atom is 0.183 e. The summed E-state index contributed by atoms with van der Waals surface area (Å²) >= 11 is 0. The van der Waals surface area contributed by atoms with Crippen molar-refractivity contribution < 1.29 is 14.3 Å². The number of methoxy groups -OCH3 is 1. The fraction of sp³-hybridized carbons (Fsp3) is 0.684. The molecule has 24 heavy (non-hydrogen) atoms. The minimum Gasteiger partial charge on any atom is -0.382 e. The number of piperidine rings is 1. The first-order valence-corrected chi connectivity index (χ1v) is 8.91. The summed E-state index contributed by atoms with van der Waals surface area (Å²) < 4.78 is 10.5. The van der Waals surface area contributed by atoms with Crippen molar-refractivity contribution in [2.24, 2.45) is 5.92 Å². The number of carbonyl (C=O) groups is 1. The van der Waals surface area contributed by atoms with Gasteiger partial charge in [0.15, 0.2) is 5.78 Å². The molecule has 0 saturated carbocycles. The number of carbonyl (C=O) groups excluding carboxylic acids is 1. The summed E-state index contributed by atoms with van der Waals surface area (Å²) in [5, 5.41) is 0. The van der Waals surface area contributed by atoms with E-state index in [1.54, 1.807) is 7.11 Å². The molecule has 5 heteroatoms. The maximum absolute atomic E-state index is 12.0. The smallest absolute Gasteiger partial charge is 0.183 e. The van der Waals surface area contributed by atoms with Crippen LogP contribution < -0.4 is 0 Å². The van der Waals surface area contributed by atoms with E-state index in [1.807, 2.05) is 26.1 Å². The summed E-state index contributed by atoms with van der Waals surface area (Å²) in [7, 11) is 1.69. The monoisotopic (exact) mass is 334 g/mol. The van der Waals surface area contributed by atoms with Gasteiger partial charge in [0.05, 0.1) is 19.8 Å². The van der Waals surface area contributed by atoms with E-state index in [4.69, 9.17) is 9.47 Å². The predicted molar refractivity (Wildman–Crippen MR) is 94.5 cm³/mol. The molecule has 0 aliphatic carbocycles. The van der Waals surface area contributed by atoms with Crippen LogP contribution in [0, 0.1) is 5.92 Å². The maximum atomic E-state index is 12.0. The number of aromatic nitrogens is 1. The van der Waals surface area contributed by atoms with Crippen LogP contribution >= 0.6 is 0 Å². The number of hydrogen-bond acceptors (Lipinski definition) is 5. The van der Waals surface area contributed by atoms with Gasteiger partial charge in [-0.15, -0.1) is 0 Å². The van der Waals surface area contributed by atoms with Gasteiger partial charge in [0.25, 0.3) is 0 Å². The Morgan fingerprint density at radius 3 is 2.58 bits per heavy atom. The van der Waals surface area contributed by atoms with Crippen LogP contribution in [-0.4, -0.2) is 62.2 Å². The number of ether oxygens (including phenoxy) is 2. The van der Waals surface area contributed by atoms with Crippen molar-refractivity contribution in [3.05, 3.63) is 29.6 Å². The minimum absolute atomic E-state index is 0.00213. The average molecular weight is 334 g/mol. The van der Waals surface area contributed by atoms with Gasteiger partial charge in [-0.25, -0.2) is 0 Å². The van der Waals surface area contributed by atoms with Crippen molar-refractivity contribution in [1.82, 2.24) is 9.88 Å². The summed E-state index contributed by atoms with van der Waals surface area (Å²) in [6.45, 7) is 9.07. The van der Waals surface area contributed by atoms with Gasteiger partial charge in [-0.05, 0) is 43.5 Å². The highest BCUT2D eigenvalue weighted by molar-refractivity contribution is 5.95. The van der Waals surface area contributed by atoms with Crippen molar-refractivity contribution in [1.29, 1.82) is 0 Å². The number of hydrogen-bond donors (Lipinski definition) is 0. The largest absolute Gasteiger partial charge is 0.382 e. The van der Waals surface area contributed by atoms with E-state index in [2.05, 4.69) is 16.0 Å². The second-order valence-corrected chi connectivity index (χ2v) is 6.72. The summed E-state index contributed by atoms with van der Waals surface area (Å²) in [5.74, 6) is 0.661. The number of rotatable bonds is 9. The van der Waals surface area contributed by atoms with Crippen LogP contribution in [0.3, 0.4) is 0 Å². The highest BCUT2D eigenvalue weighted by Gasteiger charge is 2.21. The van der Waals surface area contributed by atoms with Crippen LogP contribution in [0.15, 0.2) is 18.3 Å². The number of Topliss-reactive ketones (excluding diaryl/α,β-unsaturated/α-hetero) is 1. The molecule has 0 bridgehead atoms. The zero-order valence-electron chi connectivity index (χ0n) is 15.2. The fourth-order valence-electron chi connectivity index (χ4n) is 3.02. The van der Waals surface area contributed by atoms with Crippen LogP contribution in [0.5, 0.6) is 0 Å². The molecule has 1 fully saturated rings. The molecule has 134 valence electrons. The highest BCUT2D eigenvalue weighted by atomic mass is 16.5. The molecule has 1 aromatic heterocycles. The van der Waals surface area contributed by atoms with Crippen molar-refractivity contribution in [2.45, 2.75) is 32.6 Å². The van der Waals surface area contributed by atoms with Crippen LogP contribution in [0.4, 0.5) is 0 Å². The second kappa shape index (κ2) is 9.87. The zero-order valence-corrected chi connectivity index (χ0v) is 15.2. The Labute approximate surface area is 145 Å². The first-order valence-electron chi connectivity index (χ1n) is 8.91. The topological polar surface area (TPSA) is 51.7 Å². The molecule has 0 amide bonds. The van der Waals surface area contributed by atoms with Gasteiger partial charge in [-0.2, -0.15) is 0 Å². The third-order valence-electron chi connectivity index (χ3n) is 4.61. The standard InChI is InChI=1S/C19H30N2O3/c1-15(2)19(22)18-5-4-17(14-20-18)16-6-8-21(9-7-16)10-11-24-13-12-23-3/h4-5,14-16H,6-13H2,1-3H3. The lowest BCUT2D eigenvalue weighted by atomic mass is 9.90. The molecule has 1 saturated heterocycles. The van der Waals surface area contributed by atoms with E-state index >= 15 is 0 Å². The van der Waals surface area contributed by atoms with E-state index in [0.717, 1.165) is 39.1 Å². The molecule has 5 nitrogen and oxygen atoms in total. The fourth-order valence-corrected chi connectivity index (χ4v) is 3.02.